The van der Waals surface area contributed by atoms with E-state index in [9.17, 15) is 0 Å². The van der Waals surface area contributed by atoms with Crippen molar-refractivity contribution in [2.45, 2.75) is 0 Å². The van der Waals surface area contributed by atoms with Gasteiger partial charge in [0.15, 0.2) is 0 Å². The second-order valence-electron chi connectivity index (χ2n) is 4.78. The molecule has 3 rings (SSSR count). The normalized spacial score (nSPS) is 10.2. The van der Waals surface area contributed by atoms with Gasteiger partial charge in [-0.05, 0) is 23.8 Å². The van der Waals surface area contributed by atoms with Crippen LogP contribution in [0, 0.1) is 0 Å². The summed E-state index contributed by atoms with van der Waals surface area (Å²) in [5, 5.41) is 0. The lowest BCUT2D eigenvalue weighted by Crippen LogP contribution is -2.10. The zero-order valence-electron chi connectivity index (χ0n) is 11.5. The number of hydrogen-bond donors (Lipinski definition) is 0. The lowest BCUT2D eigenvalue weighted by Gasteiger charge is -2.22. The Kier molecular flexibility index (Phi) is 3.51. The van der Waals surface area contributed by atoms with Gasteiger partial charge in [0.05, 0.1) is 0 Å². The third kappa shape index (κ3) is 2.43. The van der Waals surface area contributed by atoms with Crippen molar-refractivity contribution in [3.05, 3.63) is 84.9 Å². The van der Waals surface area contributed by atoms with Crippen molar-refractivity contribution in [1.82, 2.24) is 0 Å². The first-order chi connectivity index (χ1) is 9.86. The largest absolute Gasteiger partial charge is 0.344 e. The highest BCUT2D eigenvalue weighted by molar-refractivity contribution is 5.81. The maximum absolute atomic E-state index is 2.22. The van der Waals surface area contributed by atoms with E-state index in [-0.39, 0.29) is 0 Å². The molecule has 0 radical (unpaired) electrons. The minimum absolute atomic E-state index is 1.19. The van der Waals surface area contributed by atoms with Crippen LogP contribution in [0.3, 0.4) is 0 Å². The molecular formula is C19H17N. The van der Waals surface area contributed by atoms with Gasteiger partial charge in [-0.15, -0.1) is 0 Å². The van der Waals surface area contributed by atoms with Gasteiger partial charge < -0.3 is 4.90 Å². The predicted molar refractivity (Wildman–Crippen MR) is 86.4 cm³/mol. The maximum atomic E-state index is 2.22. The fourth-order valence-corrected chi connectivity index (χ4v) is 2.42. The molecule has 1 nitrogen and oxygen atoms in total. The van der Waals surface area contributed by atoms with E-state index in [0.717, 1.165) is 0 Å². The number of rotatable bonds is 3. The van der Waals surface area contributed by atoms with E-state index in [0.29, 0.717) is 0 Å². The van der Waals surface area contributed by atoms with Gasteiger partial charge in [-0.2, -0.15) is 0 Å². The fourth-order valence-electron chi connectivity index (χ4n) is 2.42. The summed E-state index contributed by atoms with van der Waals surface area (Å²) in [6, 6.07) is 29.4. The topological polar surface area (TPSA) is 3.24 Å². The van der Waals surface area contributed by atoms with E-state index in [1.54, 1.807) is 0 Å². The molecule has 3 aromatic rings. The van der Waals surface area contributed by atoms with Gasteiger partial charge >= 0.3 is 0 Å². The van der Waals surface area contributed by atoms with Crippen LogP contribution in [-0.4, -0.2) is 7.05 Å². The lowest BCUT2D eigenvalue weighted by atomic mass is 10.0. The number of para-hydroxylation sites is 2. The quantitative estimate of drug-likeness (QED) is 0.631. The van der Waals surface area contributed by atoms with Gasteiger partial charge in [0, 0.05) is 24.0 Å². The van der Waals surface area contributed by atoms with Gasteiger partial charge in [0.25, 0.3) is 0 Å². The Labute approximate surface area is 120 Å². The average molecular weight is 259 g/mol. The highest BCUT2D eigenvalue weighted by Crippen LogP contribution is 2.33. The summed E-state index contributed by atoms with van der Waals surface area (Å²) in [5.41, 5.74) is 4.89. The first kappa shape index (κ1) is 12.5. The molecule has 0 bridgehead atoms. The molecule has 0 amide bonds. The second kappa shape index (κ2) is 5.62. The van der Waals surface area contributed by atoms with Gasteiger partial charge in [-0.3, -0.25) is 0 Å². The standard InChI is InChI=1S/C19H17N/c1-20(17-12-6-3-7-13-17)19-15-9-8-14-18(19)16-10-4-2-5-11-16/h2-15H,1H3. The van der Waals surface area contributed by atoms with Gasteiger partial charge in [0.1, 0.15) is 0 Å². The third-order valence-electron chi connectivity index (χ3n) is 3.49. The highest BCUT2D eigenvalue weighted by Gasteiger charge is 2.09. The Morgan fingerprint density at radius 2 is 1.15 bits per heavy atom. The van der Waals surface area contributed by atoms with Gasteiger partial charge in [0.2, 0.25) is 0 Å². The zero-order chi connectivity index (χ0) is 13.8. The van der Waals surface area contributed by atoms with Crippen LogP contribution in [0.15, 0.2) is 84.9 Å². The fraction of sp³-hybridized carbons (Fsp3) is 0.0526. The molecule has 20 heavy (non-hydrogen) atoms. The minimum atomic E-state index is 1.19. The summed E-state index contributed by atoms with van der Waals surface area (Å²) in [6.45, 7) is 0. The molecule has 0 aromatic heterocycles. The Morgan fingerprint density at radius 1 is 0.600 bits per heavy atom. The zero-order valence-corrected chi connectivity index (χ0v) is 11.5. The number of anilines is 2. The monoisotopic (exact) mass is 259 g/mol. The molecule has 0 fully saturated rings. The third-order valence-corrected chi connectivity index (χ3v) is 3.49. The van der Waals surface area contributed by atoms with E-state index in [1.807, 2.05) is 12.1 Å². The molecule has 0 saturated carbocycles. The summed E-state index contributed by atoms with van der Waals surface area (Å²) >= 11 is 0. The summed E-state index contributed by atoms with van der Waals surface area (Å²) in [4.78, 5) is 2.22. The second-order valence-corrected chi connectivity index (χ2v) is 4.78. The van der Waals surface area contributed by atoms with Crippen molar-refractivity contribution in [2.75, 3.05) is 11.9 Å². The van der Waals surface area contributed by atoms with Crippen LogP contribution in [-0.2, 0) is 0 Å². The van der Waals surface area contributed by atoms with E-state index < -0.39 is 0 Å². The first-order valence-corrected chi connectivity index (χ1v) is 6.79. The summed E-state index contributed by atoms with van der Waals surface area (Å²) in [7, 11) is 2.11. The van der Waals surface area contributed by atoms with Crippen molar-refractivity contribution in [1.29, 1.82) is 0 Å². The summed E-state index contributed by atoms with van der Waals surface area (Å²) in [6.07, 6.45) is 0. The molecule has 0 saturated heterocycles. The molecule has 0 N–H and O–H groups in total. The van der Waals surface area contributed by atoms with Gasteiger partial charge in [-0.1, -0.05) is 66.7 Å². The van der Waals surface area contributed by atoms with Crippen molar-refractivity contribution < 1.29 is 0 Å². The van der Waals surface area contributed by atoms with Crippen LogP contribution in [0.2, 0.25) is 0 Å². The molecule has 1 heteroatoms. The molecule has 0 aliphatic carbocycles. The number of hydrogen-bond acceptors (Lipinski definition) is 1. The Morgan fingerprint density at radius 3 is 1.85 bits per heavy atom. The first-order valence-electron chi connectivity index (χ1n) is 6.79. The van der Waals surface area contributed by atoms with E-state index in [2.05, 4.69) is 84.7 Å². The molecule has 0 aliphatic rings. The predicted octanol–water partition coefficient (Wildman–Crippen LogP) is 5.12. The average Bonchev–Trinajstić information content (AvgIpc) is 2.56. The highest BCUT2D eigenvalue weighted by atomic mass is 15.1. The smallest absolute Gasteiger partial charge is 0.0487 e. The molecule has 3 aromatic carbocycles. The molecule has 0 unspecified atom stereocenters. The maximum Gasteiger partial charge on any atom is 0.0487 e. The van der Waals surface area contributed by atoms with Crippen LogP contribution < -0.4 is 4.90 Å². The lowest BCUT2D eigenvalue weighted by molar-refractivity contribution is 1.21. The molecule has 0 atom stereocenters. The van der Waals surface area contributed by atoms with E-state index >= 15 is 0 Å². The van der Waals surface area contributed by atoms with E-state index in [4.69, 9.17) is 0 Å². The van der Waals surface area contributed by atoms with Crippen molar-refractivity contribution in [2.24, 2.45) is 0 Å². The Bertz CT molecular complexity index is 674. The van der Waals surface area contributed by atoms with Crippen LogP contribution in [0.1, 0.15) is 0 Å². The SMILES string of the molecule is CN(c1ccccc1)c1ccccc1-c1ccccc1. The van der Waals surface area contributed by atoms with Gasteiger partial charge in [-0.25, -0.2) is 0 Å². The molecule has 0 heterocycles. The summed E-state index contributed by atoms with van der Waals surface area (Å²) < 4.78 is 0. The molecule has 98 valence electrons. The van der Waals surface area contributed by atoms with E-state index in [1.165, 1.54) is 22.5 Å². The van der Waals surface area contributed by atoms with Crippen molar-refractivity contribution >= 4 is 11.4 Å². The summed E-state index contributed by atoms with van der Waals surface area (Å²) in [5.74, 6) is 0. The molecule has 0 spiro atoms. The molecule has 0 aliphatic heterocycles. The van der Waals surface area contributed by atoms with Crippen LogP contribution in [0.4, 0.5) is 11.4 Å². The minimum Gasteiger partial charge on any atom is -0.344 e. The van der Waals surface area contributed by atoms with Crippen LogP contribution >= 0.6 is 0 Å². The number of benzene rings is 3. The Hall–Kier alpha value is -2.54. The van der Waals surface area contributed by atoms with Crippen LogP contribution in [0.25, 0.3) is 11.1 Å². The molecular weight excluding hydrogens is 242 g/mol. The number of nitrogens with zero attached hydrogens (tertiary/aromatic N) is 1. The van der Waals surface area contributed by atoms with Crippen molar-refractivity contribution in [3.63, 3.8) is 0 Å². The Balaban J connectivity index is 2.07. The van der Waals surface area contributed by atoms with Crippen molar-refractivity contribution in [3.8, 4) is 11.1 Å². The van der Waals surface area contributed by atoms with Crippen LogP contribution in [0.5, 0.6) is 0 Å².